The van der Waals surface area contributed by atoms with Crippen LogP contribution in [0.2, 0.25) is 0 Å². The largest absolute Gasteiger partial charge is 0.327 e. The molecule has 0 bridgehead atoms. The summed E-state index contributed by atoms with van der Waals surface area (Å²) in [5.74, 6) is 3.06. The number of rotatable bonds is 2. The van der Waals surface area contributed by atoms with Crippen LogP contribution < -0.4 is 5.73 Å². The molecular weight excluding hydrogens is 264 g/mol. The van der Waals surface area contributed by atoms with E-state index in [0.29, 0.717) is 17.4 Å². The van der Waals surface area contributed by atoms with Gasteiger partial charge in [-0.3, -0.25) is 0 Å². The summed E-state index contributed by atoms with van der Waals surface area (Å²) in [6.45, 7) is 0.893. The Bertz CT molecular complexity index is 552. The topological polar surface area (TPSA) is 90.9 Å². The Kier molecular flexibility index (Phi) is 3.34. The first-order valence-corrected chi connectivity index (χ1v) is 8.72. The SMILES string of the molecule is NC1CCn2c(nnc2CC2CCS(=O)(=O)CC2)C1. The molecule has 0 aliphatic carbocycles. The fraction of sp³-hybridized carbons (Fsp3) is 0.833. The van der Waals surface area contributed by atoms with Crippen molar-refractivity contribution in [3.05, 3.63) is 11.6 Å². The lowest BCUT2D eigenvalue weighted by molar-refractivity contribution is 0.418. The highest BCUT2D eigenvalue weighted by atomic mass is 32.2. The highest BCUT2D eigenvalue weighted by Crippen LogP contribution is 2.24. The maximum absolute atomic E-state index is 11.4. The zero-order valence-corrected chi connectivity index (χ0v) is 11.8. The van der Waals surface area contributed by atoms with Gasteiger partial charge in [0.1, 0.15) is 21.5 Å². The monoisotopic (exact) mass is 284 g/mol. The van der Waals surface area contributed by atoms with E-state index in [-0.39, 0.29) is 6.04 Å². The highest BCUT2D eigenvalue weighted by Gasteiger charge is 2.27. The van der Waals surface area contributed by atoms with E-state index >= 15 is 0 Å². The molecule has 1 saturated heterocycles. The highest BCUT2D eigenvalue weighted by molar-refractivity contribution is 7.91. The van der Waals surface area contributed by atoms with Crippen molar-refractivity contribution in [3.8, 4) is 0 Å². The first-order chi connectivity index (χ1) is 9.03. The fourth-order valence-electron chi connectivity index (χ4n) is 2.97. The Morgan fingerprint density at radius 3 is 2.68 bits per heavy atom. The van der Waals surface area contributed by atoms with Crippen molar-refractivity contribution in [1.29, 1.82) is 0 Å². The van der Waals surface area contributed by atoms with Gasteiger partial charge >= 0.3 is 0 Å². The quantitative estimate of drug-likeness (QED) is 0.820. The summed E-state index contributed by atoms with van der Waals surface area (Å²) in [5, 5.41) is 8.49. The van der Waals surface area contributed by atoms with Gasteiger partial charge < -0.3 is 10.3 Å². The predicted octanol–water partition coefficient (Wildman–Crippen LogP) is -0.0811. The number of fused-ring (bicyclic) bond motifs is 1. The maximum Gasteiger partial charge on any atom is 0.150 e. The van der Waals surface area contributed by atoms with E-state index in [2.05, 4.69) is 14.8 Å². The molecule has 0 spiro atoms. The number of sulfone groups is 1. The smallest absolute Gasteiger partial charge is 0.150 e. The summed E-state index contributed by atoms with van der Waals surface area (Å²) in [6.07, 6.45) is 4.12. The lowest BCUT2D eigenvalue weighted by Crippen LogP contribution is -2.32. The zero-order chi connectivity index (χ0) is 13.5. The van der Waals surface area contributed by atoms with Crippen LogP contribution in [0.4, 0.5) is 0 Å². The molecule has 3 heterocycles. The van der Waals surface area contributed by atoms with E-state index in [1.807, 2.05) is 0 Å². The molecule has 1 aromatic rings. The minimum absolute atomic E-state index is 0.198. The maximum atomic E-state index is 11.4. The Morgan fingerprint density at radius 1 is 1.21 bits per heavy atom. The summed E-state index contributed by atoms with van der Waals surface area (Å²) in [6, 6.07) is 0.198. The second-order valence-electron chi connectivity index (χ2n) is 5.74. The van der Waals surface area contributed by atoms with Crippen LogP contribution in [0, 0.1) is 5.92 Å². The Hall–Kier alpha value is -0.950. The summed E-state index contributed by atoms with van der Waals surface area (Å²) >= 11 is 0. The van der Waals surface area contributed by atoms with Crippen LogP contribution in [0.5, 0.6) is 0 Å². The lowest BCUT2D eigenvalue weighted by atomic mass is 9.98. The number of hydrogen-bond donors (Lipinski definition) is 1. The Labute approximate surface area is 113 Å². The molecular formula is C12H20N4O2S. The summed E-state index contributed by atoms with van der Waals surface area (Å²) in [5.41, 5.74) is 5.93. The third-order valence-corrected chi connectivity index (χ3v) is 5.93. The van der Waals surface area contributed by atoms with Crippen molar-refractivity contribution in [2.45, 2.75) is 44.7 Å². The molecule has 106 valence electrons. The van der Waals surface area contributed by atoms with Crippen molar-refractivity contribution in [1.82, 2.24) is 14.8 Å². The Morgan fingerprint density at radius 2 is 1.95 bits per heavy atom. The van der Waals surface area contributed by atoms with Crippen LogP contribution in [0.1, 0.15) is 30.9 Å². The van der Waals surface area contributed by atoms with Crippen molar-refractivity contribution in [3.63, 3.8) is 0 Å². The molecule has 2 N–H and O–H groups in total. The van der Waals surface area contributed by atoms with E-state index in [0.717, 1.165) is 50.3 Å². The molecule has 0 radical (unpaired) electrons. The molecule has 6 nitrogen and oxygen atoms in total. The van der Waals surface area contributed by atoms with Gasteiger partial charge in [-0.05, 0) is 25.2 Å². The Balaban J connectivity index is 1.68. The lowest BCUT2D eigenvalue weighted by Gasteiger charge is -2.24. The molecule has 19 heavy (non-hydrogen) atoms. The molecule has 1 unspecified atom stereocenters. The summed E-state index contributed by atoms with van der Waals surface area (Å²) < 4.78 is 25.0. The van der Waals surface area contributed by atoms with Gasteiger partial charge in [-0.15, -0.1) is 10.2 Å². The normalized spacial score (nSPS) is 27.1. The molecule has 1 fully saturated rings. The van der Waals surface area contributed by atoms with Gasteiger partial charge in [-0.1, -0.05) is 0 Å². The van der Waals surface area contributed by atoms with Crippen LogP contribution in [0.3, 0.4) is 0 Å². The number of nitrogens with zero attached hydrogens (tertiary/aromatic N) is 3. The third-order valence-electron chi connectivity index (χ3n) is 4.22. The molecule has 1 atom stereocenters. The van der Waals surface area contributed by atoms with E-state index in [1.54, 1.807) is 0 Å². The van der Waals surface area contributed by atoms with Crippen LogP contribution in [-0.4, -0.2) is 40.7 Å². The third kappa shape index (κ3) is 2.81. The van der Waals surface area contributed by atoms with Gasteiger partial charge in [0.2, 0.25) is 0 Å². The fourth-order valence-corrected chi connectivity index (χ4v) is 4.55. The van der Waals surface area contributed by atoms with Gasteiger partial charge in [0, 0.05) is 25.4 Å². The molecule has 3 rings (SSSR count). The van der Waals surface area contributed by atoms with Gasteiger partial charge in [0.05, 0.1) is 11.5 Å². The van der Waals surface area contributed by atoms with E-state index < -0.39 is 9.84 Å². The average molecular weight is 284 g/mol. The second-order valence-corrected chi connectivity index (χ2v) is 8.04. The molecule has 7 heteroatoms. The van der Waals surface area contributed by atoms with Crippen LogP contribution >= 0.6 is 0 Å². The van der Waals surface area contributed by atoms with E-state index in [1.165, 1.54) is 0 Å². The second kappa shape index (κ2) is 4.86. The molecule has 0 aromatic carbocycles. The van der Waals surface area contributed by atoms with Crippen LogP contribution in [0.25, 0.3) is 0 Å². The van der Waals surface area contributed by atoms with Gasteiger partial charge in [0.15, 0.2) is 0 Å². The average Bonchev–Trinajstić information content (AvgIpc) is 2.74. The van der Waals surface area contributed by atoms with E-state index in [9.17, 15) is 8.42 Å². The standard InChI is InChI=1S/C12H20N4O2S/c13-10-1-4-16-11(14-15-12(16)8-10)7-9-2-5-19(17,18)6-3-9/h9-10H,1-8,13H2. The van der Waals surface area contributed by atoms with Crippen molar-refractivity contribution >= 4 is 9.84 Å². The minimum atomic E-state index is -2.78. The van der Waals surface area contributed by atoms with Gasteiger partial charge in [-0.2, -0.15) is 0 Å². The van der Waals surface area contributed by atoms with Gasteiger partial charge in [-0.25, -0.2) is 8.42 Å². The number of hydrogen-bond acceptors (Lipinski definition) is 5. The first kappa shape index (κ1) is 13.1. The van der Waals surface area contributed by atoms with Gasteiger partial charge in [0.25, 0.3) is 0 Å². The zero-order valence-electron chi connectivity index (χ0n) is 11.0. The van der Waals surface area contributed by atoms with Crippen LogP contribution in [-0.2, 0) is 29.2 Å². The number of aromatic nitrogens is 3. The molecule has 1 aromatic heterocycles. The molecule has 2 aliphatic rings. The first-order valence-electron chi connectivity index (χ1n) is 6.90. The summed E-state index contributed by atoms with van der Waals surface area (Å²) in [7, 11) is -2.78. The summed E-state index contributed by atoms with van der Waals surface area (Å²) in [4.78, 5) is 0. The molecule has 0 amide bonds. The molecule has 0 saturated carbocycles. The van der Waals surface area contributed by atoms with Crippen molar-refractivity contribution in [2.75, 3.05) is 11.5 Å². The van der Waals surface area contributed by atoms with Crippen molar-refractivity contribution < 1.29 is 8.42 Å². The number of nitrogens with two attached hydrogens (primary N) is 1. The van der Waals surface area contributed by atoms with E-state index in [4.69, 9.17) is 5.73 Å². The molecule has 2 aliphatic heterocycles. The van der Waals surface area contributed by atoms with Crippen molar-refractivity contribution in [2.24, 2.45) is 11.7 Å². The van der Waals surface area contributed by atoms with Crippen LogP contribution in [0.15, 0.2) is 0 Å². The predicted molar refractivity (Wildman–Crippen MR) is 71.4 cm³/mol. The minimum Gasteiger partial charge on any atom is -0.327 e.